The van der Waals surface area contributed by atoms with Gasteiger partial charge in [0.05, 0.1) is 23.4 Å². The van der Waals surface area contributed by atoms with Crippen molar-refractivity contribution in [3.8, 4) is 11.3 Å². The molecule has 2 heterocycles. The molecule has 0 aliphatic heterocycles. The Morgan fingerprint density at radius 1 is 1.00 bits per heavy atom. The third kappa shape index (κ3) is 5.43. The van der Waals surface area contributed by atoms with E-state index in [-0.39, 0.29) is 6.54 Å². The summed E-state index contributed by atoms with van der Waals surface area (Å²) in [6.07, 6.45) is 3.53. The predicted octanol–water partition coefficient (Wildman–Crippen LogP) is 3.62. The Morgan fingerprint density at radius 2 is 1.77 bits per heavy atom. The Morgan fingerprint density at radius 3 is 2.48 bits per heavy atom. The van der Waals surface area contributed by atoms with Gasteiger partial charge >= 0.3 is 11.8 Å². The van der Waals surface area contributed by atoms with Gasteiger partial charge in [-0.05, 0) is 24.6 Å². The van der Waals surface area contributed by atoms with E-state index in [1.165, 1.54) is 0 Å². The van der Waals surface area contributed by atoms with Crippen LogP contribution in [0.1, 0.15) is 16.1 Å². The van der Waals surface area contributed by atoms with Crippen LogP contribution in [0.5, 0.6) is 0 Å². The zero-order valence-corrected chi connectivity index (χ0v) is 17.7. The van der Waals surface area contributed by atoms with E-state index in [1.807, 2.05) is 61.0 Å². The van der Waals surface area contributed by atoms with Crippen LogP contribution in [-0.2, 0) is 22.7 Å². The number of carbonyl (C=O) groups excluding carboxylic acids is 2. The predicted molar refractivity (Wildman–Crippen MR) is 121 cm³/mol. The van der Waals surface area contributed by atoms with Crippen molar-refractivity contribution in [3.05, 3.63) is 88.5 Å². The molecule has 0 fully saturated rings. The van der Waals surface area contributed by atoms with E-state index in [1.54, 1.807) is 34.3 Å². The fourth-order valence-corrected chi connectivity index (χ4v) is 3.65. The number of hydrogen-bond donors (Lipinski definition) is 2. The van der Waals surface area contributed by atoms with Crippen LogP contribution < -0.4 is 10.6 Å². The Kier molecular flexibility index (Phi) is 6.18. The SMILES string of the molecule is Cc1nc(-c2ccc(NC(=O)C(=O)NCc3cnn(Cc4ccccc4)c3)cc2)cs1. The maximum absolute atomic E-state index is 12.2. The van der Waals surface area contributed by atoms with E-state index in [9.17, 15) is 9.59 Å². The van der Waals surface area contributed by atoms with Gasteiger partial charge in [-0.2, -0.15) is 5.10 Å². The molecule has 7 nitrogen and oxygen atoms in total. The minimum absolute atomic E-state index is 0.225. The molecule has 0 saturated heterocycles. The minimum Gasteiger partial charge on any atom is -0.344 e. The van der Waals surface area contributed by atoms with Crippen LogP contribution in [0.2, 0.25) is 0 Å². The summed E-state index contributed by atoms with van der Waals surface area (Å²) < 4.78 is 1.79. The zero-order chi connectivity index (χ0) is 21.6. The quantitative estimate of drug-likeness (QED) is 0.457. The van der Waals surface area contributed by atoms with Gasteiger partial charge in [0.15, 0.2) is 0 Å². The van der Waals surface area contributed by atoms with Crippen molar-refractivity contribution < 1.29 is 9.59 Å². The molecule has 2 amide bonds. The molecular formula is C23H21N5O2S. The highest BCUT2D eigenvalue weighted by Gasteiger charge is 2.14. The number of hydrogen-bond acceptors (Lipinski definition) is 5. The van der Waals surface area contributed by atoms with Crippen LogP contribution in [0.4, 0.5) is 5.69 Å². The molecule has 156 valence electrons. The van der Waals surface area contributed by atoms with Gasteiger partial charge in [-0.1, -0.05) is 42.5 Å². The Bertz CT molecular complexity index is 1180. The average Bonchev–Trinajstić information content (AvgIpc) is 3.42. The Labute approximate surface area is 183 Å². The lowest BCUT2D eigenvalue weighted by Crippen LogP contribution is -2.34. The van der Waals surface area contributed by atoms with Crippen molar-refractivity contribution in [1.82, 2.24) is 20.1 Å². The standard InChI is InChI=1S/C23H21N5O2S/c1-16-26-21(15-31-16)19-7-9-20(10-8-19)27-23(30)22(29)24-11-18-12-25-28(14-18)13-17-5-3-2-4-6-17/h2-10,12,14-15H,11,13H2,1H3,(H,24,29)(H,27,30). The highest BCUT2D eigenvalue weighted by Crippen LogP contribution is 2.23. The normalized spacial score (nSPS) is 10.6. The number of rotatable bonds is 6. The summed E-state index contributed by atoms with van der Waals surface area (Å²) in [4.78, 5) is 28.8. The first-order valence-corrected chi connectivity index (χ1v) is 10.6. The average molecular weight is 432 g/mol. The lowest BCUT2D eigenvalue weighted by molar-refractivity contribution is -0.136. The van der Waals surface area contributed by atoms with Crippen LogP contribution in [0.15, 0.2) is 72.4 Å². The molecule has 0 aliphatic carbocycles. The number of thiazole rings is 1. The van der Waals surface area contributed by atoms with Gasteiger partial charge in [0.2, 0.25) is 0 Å². The second-order valence-corrected chi connectivity index (χ2v) is 8.06. The molecule has 8 heteroatoms. The third-order valence-electron chi connectivity index (χ3n) is 4.59. The summed E-state index contributed by atoms with van der Waals surface area (Å²) in [6, 6.07) is 17.2. The van der Waals surface area contributed by atoms with Crippen molar-refractivity contribution in [2.75, 3.05) is 5.32 Å². The number of anilines is 1. The van der Waals surface area contributed by atoms with Gasteiger partial charge < -0.3 is 10.6 Å². The number of nitrogens with one attached hydrogen (secondary N) is 2. The van der Waals surface area contributed by atoms with Gasteiger partial charge in [0.1, 0.15) is 0 Å². The smallest absolute Gasteiger partial charge is 0.313 e. The van der Waals surface area contributed by atoms with Crippen LogP contribution in [-0.4, -0.2) is 26.6 Å². The highest BCUT2D eigenvalue weighted by atomic mass is 32.1. The largest absolute Gasteiger partial charge is 0.344 e. The fourth-order valence-electron chi connectivity index (χ4n) is 3.03. The second kappa shape index (κ2) is 9.36. The minimum atomic E-state index is -0.714. The number of aromatic nitrogens is 3. The first kappa shape index (κ1) is 20.5. The summed E-state index contributed by atoms with van der Waals surface area (Å²) >= 11 is 1.58. The lowest BCUT2D eigenvalue weighted by Gasteiger charge is -2.06. The van der Waals surface area contributed by atoms with E-state index < -0.39 is 11.8 Å². The Balaban J connectivity index is 1.27. The number of nitrogens with zero attached hydrogens (tertiary/aromatic N) is 3. The van der Waals surface area contributed by atoms with Gasteiger partial charge in [0, 0.05) is 34.9 Å². The summed E-state index contributed by atoms with van der Waals surface area (Å²) in [6.45, 7) is 2.82. The first-order chi connectivity index (χ1) is 15.1. The number of aryl methyl sites for hydroxylation is 1. The van der Waals surface area contributed by atoms with E-state index in [4.69, 9.17) is 0 Å². The third-order valence-corrected chi connectivity index (χ3v) is 5.36. The molecule has 0 spiro atoms. The van der Waals surface area contributed by atoms with Crippen LogP contribution >= 0.6 is 11.3 Å². The highest BCUT2D eigenvalue weighted by molar-refractivity contribution is 7.09. The summed E-state index contributed by atoms with van der Waals surface area (Å²) in [5, 5.41) is 12.5. The van der Waals surface area contributed by atoms with E-state index in [0.29, 0.717) is 12.2 Å². The second-order valence-electron chi connectivity index (χ2n) is 7.00. The zero-order valence-electron chi connectivity index (χ0n) is 16.9. The summed E-state index contributed by atoms with van der Waals surface area (Å²) in [5.74, 6) is -1.41. The maximum atomic E-state index is 12.2. The molecule has 2 N–H and O–H groups in total. The number of benzene rings is 2. The monoisotopic (exact) mass is 431 g/mol. The van der Waals surface area contributed by atoms with Gasteiger partial charge in [-0.25, -0.2) is 4.98 Å². The number of amides is 2. The van der Waals surface area contributed by atoms with Crippen molar-refractivity contribution in [2.24, 2.45) is 0 Å². The van der Waals surface area contributed by atoms with Crippen molar-refractivity contribution in [3.63, 3.8) is 0 Å². The number of carbonyl (C=O) groups is 2. The van der Waals surface area contributed by atoms with Crippen molar-refractivity contribution >= 4 is 28.8 Å². The topological polar surface area (TPSA) is 88.9 Å². The molecular weight excluding hydrogens is 410 g/mol. The van der Waals surface area contributed by atoms with Crippen LogP contribution in [0.3, 0.4) is 0 Å². The van der Waals surface area contributed by atoms with E-state index >= 15 is 0 Å². The van der Waals surface area contributed by atoms with Gasteiger partial charge in [-0.15, -0.1) is 11.3 Å². The molecule has 2 aromatic heterocycles. The molecule has 0 bridgehead atoms. The molecule has 4 rings (SSSR count). The van der Waals surface area contributed by atoms with E-state index in [2.05, 4.69) is 20.7 Å². The summed E-state index contributed by atoms with van der Waals surface area (Å²) in [7, 11) is 0. The molecule has 4 aromatic rings. The molecule has 0 unspecified atom stereocenters. The van der Waals surface area contributed by atoms with E-state index in [0.717, 1.165) is 27.4 Å². The Hall–Kier alpha value is -3.78. The molecule has 31 heavy (non-hydrogen) atoms. The van der Waals surface area contributed by atoms with Gasteiger partial charge in [-0.3, -0.25) is 14.3 Å². The molecule has 0 saturated carbocycles. The molecule has 0 atom stereocenters. The van der Waals surface area contributed by atoms with Crippen LogP contribution in [0.25, 0.3) is 11.3 Å². The van der Waals surface area contributed by atoms with Crippen molar-refractivity contribution in [2.45, 2.75) is 20.0 Å². The molecule has 0 radical (unpaired) electrons. The molecule has 0 aliphatic rings. The fraction of sp³-hybridized carbons (Fsp3) is 0.130. The lowest BCUT2D eigenvalue weighted by atomic mass is 10.1. The van der Waals surface area contributed by atoms with Crippen LogP contribution in [0, 0.1) is 6.92 Å². The van der Waals surface area contributed by atoms with Crippen molar-refractivity contribution in [1.29, 1.82) is 0 Å². The molecule has 2 aromatic carbocycles. The summed E-state index contributed by atoms with van der Waals surface area (Å²) in [5.41, 5.74) is 4.35. The van der Waals surface area contributed by atoms with Gasteiger partial charge in [0.25, 0.3) is 0 Å². The first-order valence-electron chi connectivity index (χ1n) is 9.74. The maximum Gasteiger partial charge on any atom is 0.313 e.